The van der Waals surface area contributed by atoms with E-state index in [2.05, 4.69) is 22.6 Å². The summed E-state index contributed by atoms with van der Waals surface area (Å²) in [7, 11) is 0. The lowest BCUT2D eigenvalue weighted by Gasteiger charge is -2.29. The summed E-state index contributed by atoms with van der Waals surface area (Å²) in [5.74, 6) is 0.696. The maximum Gasteiger partial charge on any atom is 0.260 e. The number of ether oxygens (including phenoxy) is 1. The summed E-state index contributed by atoms with van der Waals surface area (Å²) in [5, 5.41) is 9.37. The number of hydrogen-bond donors (Lipinski definition) is 1. The third kappa shape index (κ3) is 3.84. The van der Waals surface area contributed by atoms with E-state index in [1.165, 1.54) is 0 Å². The van der Waals surface area contributed by atoms with Crippen LogP contribution in [0.1, 0.15) is 12.8 Å². The van der Waals surface area contributed by atoms with Crippen LogP contribution in [0.2, 0.25) is 0 Å². The molecule has 1 aromatic rings. The highest BCUT2D eigenvalue weighted by atomic mass is 127. The molecule has 1 heterocycles. The fraction of sp³-hybridized carbons (Fsp3) is 0.462. The minimum atomic E-state index is -0.258. The highest BCUT2D eigenvalue weighted by Crippen LogP contribution is 2.14. The van der Waals surface area contributed by atoms with Crippen molar-refractivity contribution in [1.82, 2.24) is 4.90 Å². The van der Waals surface area contributed by atoms with Gasteiger partial charge in [0.1, 0.15) is 5.75 Å². The highest BCUT2D eigenvalue weighted by molar-refractivity contribution is 14.1. The largest absolute Gasteiger partial charge is 0.484 e. The van der Waals surface area contributed by atoms with Crippen LogP contribution in [-0.2, 0) is 4.79 Å². The lowest BCUT2D eigenvalue weighted by molar-refractivity contribution is -0.135. The van der Waals surface area contributed by atoms with Crippen molar-refractivity contribution < 1.29 is 14.6 Å². The van der Waals surface area contributed by atoms with Crippen molar-refractivity contribution in [2.45, 2.75) is 18.9 Å². The van der Waals surface area contributed by atoms with E-state index in [1.54, 1.807) is 4.90 Å². The molecular weight excluding hydrogens is 345 g/mol. The summed E-state index contributed by atoms with van der Waals surface area (Å²) in [5.41, 5.74) is 0. The van der Waals surface area contributed by atoms with Gasteiger partial charge in [-0.25, -0.2) is 0 Å². The van der Waals surface area contributed by atoms with Gasteiger partial charge < -0.3 is 14.7 Å². The molecule has 0 unspecified atom stereocenters. The van der Waals surface area contributed by atoms with Gasteiger partial charge in [-0.05, 0) is 59.7 Å². The fourth-order valence-electron chi connectivity index (χ4n) is 1.88. The molecule has 0 radical (unpaired) electrons. The van der Waals surface area contributed by atoms with E-state index < -0.39 is 0 Å². The SMILES string of the molecule is O=C(COc1ccc(I)cc1)N1CCC(O)CC1. The Kier molecular flexibility index (Phi) is 4.82. The molecule has 4 nitrogen and oxygen atoms in total. The number of amides is 1. The Morgan fingerprint density at radius 2 is 1.94 bits per heavy atom. The molecular formula is C13H16INO3. The Bertz CT molecular complexity index is 399. The zero-order valence-electron chi connectivity index (χ0n) is 10.0. The van der Waals surface area contributed by atoms with Gasteiger partial charge in [0.15, 0.2) is 6.61 Å². The van der Waals surface area contributed by atoms with Gasteiger partial charge in [-0.3, -0.25) is 4.79 Å². The molecule has 1 aliphatic heterocycles. The van der Waals surface area contributed by atoms with Crippen LogP contribution >= 0.6 is 22.6 Å². The molecule has 5 heteroatoms. The molecule has 1 aromatic carbocycles. The van der Waals surface area contributed by atoms with Crippen LogP contribution in [-0.4, -0.2) is 41.7 Å². The molecule has 1 saturated heterocycles. The van der Waals surface area contributed by atoms with Gasteiger partial charge in [0.05, 0.1) is 6.10 Å². The first-order valence-corrected chi connectivity index (χ1v) is 7.07. The summed E-state index contributed by atoms with van der Waals surface area (Å²) in [6.45, 7) is 1.31. The summed E-state index contributed by atoms with van der Waals surface area (Å²) in [6.07, 6.45) is 1.07. The van der Waals surface area contributed by atoms with Gasteiger partial charge in [0.2, 0.25) is 0 Å². The molecule has 0 aliphatic carbocycles. The Morgan fingerprint density at radius 1 is 1.33 bits per heavy atom. The third-order valence-electron chi connectivity index (χ3n) is 2.99. The number of carbonyl (C=O) groups is 1. The lowest BCUT2D eigenvalue weighted by atomic mass is 10.1. The minimum absolute atomic E-state index is 0.0135. The van der Waals surface area contributed by atoms with Crippen LogP contribution in [0.15, 0.2) is 24.3 Å². The molecule has 0 atom stereocenters. The Labute approximate surface area is 120 Å². The summed E-state index contributed by atoms with van der Waals surface area (Å²) in [6, 6.07) is 7.60. The number of aliphatic hydroxyl groups is 1. The highest BCUT2D eigenvalue weighted by Gasteiger charge is 2.21. The van der Waals surface area contributed by atoms with Crippen molar-refractivity contribution in [2.75, 3.05) is 19.7 Å². The molecule has 2 rings (SSSR count). The van der Waals surface area contributed by atoms with Gasteiger partial charge in [0, 0.05) is 16.7 Å². The third-order valence-corrected chi connectivity index (χ3v) is 3.71. The number of nitrogens with zero attached hydrogens (tertiary/aromatic N) is 1. The first-order valence-electron chi connectivity index (χ1n) is 5.99. The number of rotatable bonds is 3. The van der Waals surface area contributed by atoms with Gasteiger partial charge >= 0.3 is 0 Å². The van der Waals surface area contributed by atoms with Crippen molar-refractivity contribution in [3.8, 4) is 5.75 Å². The van der Waals surface area contributed by atoms with Crippen molar-refractivity contribution in [2.24, 2.45) is 0 Å². The summed E-state index contributed by atoms with van der Waals surface area (Å²) >= 11 is 2.22. The quantitative estimate of drug-likeness (QED) is 0.834. The standard InChI is InChI=1S/C13H16INO3/c14-10-1-3-12(4-2-10)18-9-13(17)15-7-5-11(16)6-8-15/h1-4,11,16H,5-9H2. The molecule has 0 bridgehead atoms. The van der Waals surface area contributed by atoms with Gasteiger partial charge in [-0.2, -0.15) is 0 Å². The molecule has 0 aromatic heterocycles. The van der Waals surface area contributed by atoms with E-state index in [1.807, 2.05) is 24.3 Å². The van der Waals surface area contributed by atoms with Crippen LogP contribution in [0.5, 0.6) is 5.75 Å². The number of halogens is 1. The molecule has 0 spiro atoms. The van der Waals surface area contributed by atoms with E-state index in [0.717, 1.165) is 3.57 Å². The zero-order valence-corrected chi connectivity index (χ0v) is 12.2. The predicted molar refractivity (Wildman–Crippen MR) is 76.5 cm³/mol. The van der Waals surface area contributed by atoms with E-state index in [0.29, 0.717) is 31.7 Å². The first-order chi connectivity index (χ1) is 8.65. The van der Waals surface area contributed by atoms with Crippen LogP contribution in [0.25, 0.3) is 0 Å². The molecule has 1 aliphatic rings. The number of hydrogen-bond acceptors (Lipinski definition) is 3. The van der Waals surface area contributed by atoms with Crippen molar-refractivity contribution in [3.05, 3.63) is 27.8 Å². The second-order valence-electron chi connectivity index (χ2n) is 4.35. The maximum absolute atomic E-state index is 11.9. The van der Waals surface area contributed by atoms with Crippen LogP contribution in [0.4, 0.5) is 0 Å². The molecule has 1 fully saturated rings. The van der Waals surface area contributed by atoms with E-state index in [-0.39, 0.29) is 18.6 Å². The molecule has 0 saturated carbocycles. The number of likely N-dealkylation sites (tertiary alicyclic amines) is 1. The number of aliphatic hydroxyl groups excluding tert-OH is 1. The molecule has 1 N–H and O–H groups in total. The van der Waals surface area contributed by atoms with Gasteiger partial charge in [-0.15, -0.1) is 0 Å². The maximum atomic E-state index is 11.9. The topological polar surface area (TPSA) is 49.8 Å². The summed E-state index contributed by atoms with van der Waals surface area (Å²) < 4.78 is 6.58. The summed E-state index contributed by atoms with van der Waals surface area (Å²) in [4.78, 5) is 13.6. The number of piperidine rings is 1. The number of benzene rings is 1. The zero-order chi connectivity index (χ0) is 13.0. The van der Waals surface area contributed by atoms with E-state index >= 15 is 0 Å². The van der Waals surface area contributed by atoms with Crippen LogP contribution in [0, 0.1) is 3.57 Å². The van der Waals surface area contributed by atoms with Gasteiger partial charge in [-0.1, -0.05) is 0 Å². The van der Waals surface area contributed by atoms with Crippen molar-refractivity contribution in [3.63, 3.8) is 0 Å². The monoisotopic (exact) mass is 361 g/mol. The Hall–Kier alpha value is -0.820. The Balaban J connectivity index is 1.79. The average molecular weight is 361 g/mol. The second kappa shape index (κ2) is 6.38. The average Bonchev–Trinajstić information content (AvgIpc) is 2.38. The van der Waals surface area contributed by atoms with E-state index in [4.69, 9.17) is 4.74 Å². The van der Waals surface area contributed by atoms with Crippen molar-refractivity contribution in [1.29, 1.82) is 0 Å². The molecule has 98 valence electrons. The van der Waals surface area contributed by atoms with Crippen LogP contribution < -0.4 is 4.74 Å². The van der Waals surface area contributed by atoms with E-state index in [9.17, 15) is 9.90 Å². The first kappa shape index (κ1) is 13.6. The number of carbonyl (C=O) groups excluding carboxylic acids is 1. The van der Waals surface area contributed by atoms with Crippen molar-refractivity contribution >= 4 is 28.5 Å². The lowest BCUT2D eigenvalue weighted by Crippen LogP contribution is -2.42. The Morgan fingerprint density at radius 3 is 2.56 bits per heavy atom. The molecule has 1 amide bonds. The molecule has 18 heavy (non-hydrogen) atoms. The predicted octanol–water partition coefficient (Wildman–Crippen LogP) is 1.65. The second-order valence-corrected chi connectivity index (χ2v) is 5.60. The smallest absolute Gasteiger partial charge is 0.260 e. The minimum Gasteiger partial charge on any atom is -0.484 e. The normalized spacial score (nSPS) is 16.7. The van der Waals surface area contributed by atoms with Crippen LogP contribution in [0.3, 0.4) is 0 Å². The fourth-order valence-corrected chi connectivity index (χ4v) is 2.24. The van der Waals surface area contributed by atoms with Gasteiger partial charge in [0.25, 0.3) is 5.91 Å².